The normalized spacial score (nSPS) is 17.4. The summed E-state index contributed by atoms with van der Waals surface area (Å²) in [5, 5.41) is 0. The van der Waals surface area contributed by atoms with E-state index in [2.05, 4.69) is 78.1 Å². The summed E-state index contributed by atoms with van der Waals surface area (Å²) in [6.07, 6.45) is 2.39. The second-order valence-corrected chi connectivity index (χ2v) is 8.24. The molecule has 1 nitrogen and oxygen atoms in total. The lowest BCUT2D eigenvalue weighted by molar-refractivity contribution is 0.414. The van der Waals surface area contributed by atoms with E-state index in [0.29, 0.717) is 0 Å². The highest BCUT2D eigenvalue weighted by atomic mass is 32.2. The molecule has 1 heterocycles. The Morgan fingerprint density at radius 2 is 1.62 bits per heavy atom. The van der Waals surface area contributed by atoms with E-state index in [1.54, 1.807) is 7.11 Å². The van der Waals surface area contributed by atoms with Gasteiger partial charge in [-0.25, -0.2) is 0 Å². The van der Waals surface area contributed by atoms with Gasteiger partial charge in [0.2, 0.25) is 0 Å². The van der Waals surface area contributed by atoms with Crippen molar-refractivity contribution in [3.8, 4) is 5.75 Å². The standard InChI is InChI=1S/C18H20OS2/c1-19-17-10-8-16(9-11-17)18(20-12-5-13-21-18)14-15-6-3-2-4-7-15/h2-4,6-11H,5,12-14H2,1H3. The van der Waals surface area contributed by atoms with Crippen molar-refractivity contribution >= 4 is 23.5 Å². The number of benzene rings is 2. The summed E-state index contributed by atoms with van der Waals surface area (Å²) < 4.78 is 5.44. The second-order valence-electron chi connectivity index (χ2n) is 5.19. The Morgan fingerprint density at radius 1 is 0.952 bits per heavy atom. The summed E-state index contributed by atoms with van der Waals surface area (Å²) >= 11 is 4.19. The average Bonchev–Trinajstić information content (AvgIpc) is 2.57. The molecule has 0 spiro atoms. The van der Waals surface area contributed by atoms with E-state index in [9.17, 15) is 0 Å². The van der Waals surface area contributed by atoms with Gasteiger partial charge in [-0.2, -0.15) is 0 Å². The Bertz CT molecular complexity index is 560. The van der Waals surface area contributed by atoms with Gasteiger partial charge < -0.3 is 4.74 Å². The van der Waals surface area contributed by atoms with Gasteiger partial charge in [-0.05, 0) is 41.2 Å². The minimum absolute atomic E-state index is 0.145. The molecular weight excluding hydrogens is 296 g/mol. The zero-order valence-corrected chi connectivity index (χ0v) is 13.9. The quantitative estimate of drug-likeness (QED) is 0.789. The van der Waals surface area contributed by atoms with Gasteiger partial charge in [-0.1, -0.05) is 42.5 Å². The van der Waals surface area contributed by atoms with Crippen LogP contribution in [0.3, 0.4) is 0 Å². The molecule has 0 bridgehead atoms. The van der Waals surface area contributed by atoms with Crippen molar-refractivity contribution in [1.29, 1.82) is 0 Å². The topological polar surface area (TPSA) is 9.23 Å². The average molecular weight is 316 g/mol. The molecule has 0 unspecified atom stereocenters. The SMILES string of the molecule is COc1ccc(C2(Cc3ccccc3)SCCCS2)cc1. The molecule has 1 fully saturated rings. The fourth-order valence-corrected chi connectivity index (χ4v) is 6.05. The van der Waals surface area contributed by atoms with E-state index in [-0.39, 0.29) is 4.08 Å². The van der Waals surface area contributed by atoms with Crippen LogP contribution in [-0.4, -0.2) is 18.6 Å². The van der Waals surface area contributed by atoms with Crippen LogP contribution >= 0.6 is 23.5 Å². The maximum absolute atomic E-state index is 5.29. The third-order valence-corrected chi connectivity index (χ3v) is 7.15. The number of methoxy groups -OCH3 is 1. The van der Waals surface area contributed by atoms with E-state index >= 15 is 0 Å². The fourth-order valence-electron chi connectivity index (χ4n) is 2.65. The Kier molecular flexibility index (Phi) is 4.81. The van der Waals surface area contributed by atoms with Crippen LogP contribution in [0.25, 0.3) is 0 Å². The van der Waals surface area contributed by atoms with Crippen LogP contribution in [0.5, 0.6) is 5.75 Å². The van der Waals surface area contributed by atoms with Crippen LogP contribution in [0.2, 0.25) is 0 Å². The Balaban J connectivity index is 1.92. The lowest BCUT2D eigenvalue weighted by Gasteiger charge is -2.37. The minimum atomic E-state index is 0.145. The smallest absolute Gasteiger partial charge is 0.118 e. The van der Waals surface area contributed by atoms with Gasteiger partial charge in [0.15, 0.2) is 0 Å². The second kappa shape index (κ2) is 6.80. The summed E-state index contributed by atoms with van der Waals surface area (Å²) in [4.78, 5) is 0. The van der Waals surface area contributed by atoms with Crippen molar-refractivity contribution in [3.63, 3.8) is 0 Å². The van der Waals surface area contributed by atoms with Gasteiger partial charge in [-0.3, -0.25) is 0 Å². The van der Waals surface area contributed by atoms with Crippen LogP contribution in [-0.2, 0) is 10.5 Å². The van der Waals surface area contributed by atoms with Crippen molar-refractivity contribution in [2.45, 2.75) is 16.9 Å². The predicted octanol–water partition coefficient (Wildman–Crippen LogP) is 4.96. The molecule has 110 valence electrons. The van der Waals surface area contributed by atoms with Gasteiger partial charge >= 0.3 is 0 Å². The molecule has 0 aliphatic carbocycles. The van der Waals surface area contributed by atoms with Crippen LogP contribution in [0.15, 0.2) is 54.6 Å². The lowest BCUT2D eigenvalue weighted by Crippen LogP contribution is -2.25. The van der Waals surface area contributed by atoms with Crippen molar-refractivity contribution in [1.82, 2.24) is 0 Å². The first-order valence-corrected chi connectivity index (χ1v) is 9.26. The molecule has 0 N–H and O–H groups in total. The minimum Gasteiger partial charge on any atom is -0.497 e. The predicted molar refractivity (Wildman–Crippen MR) is 94.4 cm³/mol. The van der Waals surface area contributed by atoms with Crippen LogP contribution in [0.1, 0.15) is 17.5 Å². The maximum Gasteiger partial charge on any atom is 0.118 e. The van der Waals surface area contributed by atoms with E-state index in [0.717, 1.165) is 12.2 Å². The van der Waals surface area contributed by atoms with Crippen molar-refractivity contribution < 1.29 is 4.74 Å². The lowest BCUT2D eigenvalue weighted by atomic mass is 10.0. The number of thioether (sulfide) groups is 2. The van der Waals surface area contributed by atoms with Gasteiger partial charge in [0, 0.05) is 6.42 Å². The zero-order valence-electron chi connectivity index (χ0n) is 12.2. The molecular formula is C18H20OS2. The van der Waals surface area contributed by atoms with Crippen LogP contribution in [0.4, 0.5) is 0 Å². The van der Waals surface area contributed by atoms with E-state index < -0.39 is 0 Å². The maximum atomic E-state index is 5.29. The molecule has 2 aromatic rings. The summed E-state index contributed by atoms with van der Waals surface area (Å²) in [6, 6.07) is 19.5. The Hall–Kier alpha value is -1.06. The third-order valence-electron chi connectivity index (χ3n) is 3.77. The van der Waals surface area contributed by atoms with Crippen molar-refractivity contribution in [2.24, 2.45) is 0 Å². The van der Waals surface area contributed by atoms with Gasteiger partial charge in [0.25, 0.3) is 0 Å². The van der Waals surface area contributed by atoms with Crippen LogP contribution < -0.4 is 4.74 Å². The van der Waals surface area contributed by atoms with E-state index in [1.165, 1.54) is 29.1 Å². The monoisotopic (exact) mass is 316 g/mol. The van der Waals surface area contributed by atoms with E-state index in [1.807, 2.05) is 0 Å². The highest BCUT2D eigenvalue weighted by molar-refractivity contribution is 8.18. The van der Waals surface area contributed by atoms with Crippen molar-refractivity contribution in [3.05, 3.63) is 65.7 Å². The summed E-state index contributed by atoms with van der Waals surface area (Å²) in [5.41, 5.74) is 2.82. The van der Waals surface area contributed by atoms with Gasteiger partial charge in [-0.15, -0.1) is 23.5 Å². The highest BCUT2D eigenvalue weighted by Gasteiger charge is 2.35. The summed E-state index contributed by atoms with van der Waals surface area (Å²) in [7, 11) is 1.72. The molecule has 0 aromatic heterocycles. The molecule has 21 heavy (non-hydrogen) atoms. The van der Waals surface area contributed by atoms with Crippen LogP contribution in [0, 0.1) is 0 Å². The Labute approximate surface area is 135 Å². The molecule has 1 aliphatic rings. The number of rotatable bonds is 4. The number of hydrogen-bond acceptors (Lipinski definition) is 3. The molecule has 3 rings (SSSR count). The molecule has 0 radical (unpaired) electrons. The van der Waals surface area contributed by atoms with E-state index in [4.69, 9.17) is 4.74 Å². The molecule has 0 saturated carbocycles. The largest absolute Gasteiger partial charge is 0.497 e. The first-order chi connectivity index (χ1) is 10.3. The fraction of sp³-hybridized carbons (Fsp3) is 0.333. The molecule has 2 aromatic carbocycles. The molecule has 3 heteroatoms. The molecule has 1 aliphatic heterocycles. The zero-order chi connectivity index (χ0) is 14.5. The highest BCUT2D eigenvalue weighted by Crippen LogP contribution is 2.52. The molecule has 1 saturated heterocycles. The molecule has 0 amide bonds. The number of hydrogen-bond donors (Lipinski definition) is 0. The summed E-state index contributed by atoms with van der Waals surface area (Å²) in [5.74, 6) is 3.41. The summed E-state index contributed by atoms with van der Waals surface area (Å²) in [6.45, 7) is 0. The van der Waals surface area contributed by atoms with Gasteiger partial charge in [0.05, 0.1) is 11.2 Å². The van der Waals surface area contributed by atoms with Crippen molar-refractivity contribution in [2.75, 3.05) is 18.6 Å². The number of ether oxygens (including phenoxy) is 1. The third kappa shape index (κ3) is 3.41. The Morgan fingerprint density at radius 3 is 2.24 bits per heavy atom. The first-order valence-electron chi connectivity index (χ1n) is 7.29. The first kappa shape index (κ1) is 14.9. The molecule has 0 atom stereocenters. The van der Waals surface area contributed by atoms with Gasteiger partial charge in [0.1, 0.15) is 5.75 Å².